The van der Waals surface area contributed by atoms with Gasteiger partial charge in [0.25, 0.3) is 0 Å². The van der Waals surface area contributed by atoms with Gasteiger partial charge in [0.1, 0.15) is 0 Å². The SMILES string of the molecule is CCc1cc2ncc(C(C)(C)C#N)cn2n1. The maximum absolute atomic E-state index is 9.06. The minimum atomic E-state index is -0.528. The zero-order valence-corrected chi connectivity index (χ0v) is 9.73. The largest absolute Gasteiger partial charge is 0.237 e. The van der Waals surface area contributed by atoms with Crippen molar-refractivity contribution in [2.24, 2.45) is 0 Å². The number of rotatable bonds is 2. The van der Waals surface area contributed by atoms with E-state index in [-0.39, 0.29) is 0 Å². The van der Waals surface area contributed by atoms with Gasteiger partial charge in [-0.15, -0.1) is 0 Å². The Kier molecular flexibility index (Phi) is 2.39. The van der Waals surface area contributed by atoms with Crippen LogP contribution in [0.4, 0.5) is 0 Å². The first-order valence-electron chi connectivity index (χ1n) is 5.33. The molecule has 0 aromatic carbocycles. The summed E-state index contributed by atoms with van der Waals surface area (Å²) in [5.74, 6) is 0. The van der Waals surface area contributed by atoms with Gasteiger partial charge in [-0.2, -0.15) is 10.4 Å². The van der Waals surface area contributed by atoms with E-state index >= 15 is 0 Å². The Morgan fingerprint density at radius 2 is 2.25 bits per heavy atom. The second-order valence-corrected chi connectivity index (χ2v) is 4.37. The summed E-state index contributed by atoms with van der Waals surface area (Å²) in [4.78, 5) is 4.31. The predicted molar refractivity (Wildman–Crippen MR) is 61.0 cm³/mol. The third-order valence-electron chi connectivity index (χ3n) is 2.73. The van der Waals surface area contributed by atoms with Crippen LogP contribution < -0.4 is 0 Å². The molecule has 0 fully saturated rings. The van der Waals surface area contributed by atoms with Crippen molar-refractivity contribution < 1.29 is 0 Å². The summed E-state index contributed by atoms with van der Waals surface area (Å²) in [6.07, 6.45) is 4.52. The fourth-order valence-electron chi connectivity index (χ4n) is 1.49. The number of nitrogens with zero attached hydrogens (tertiary/aromatic N) is 4. The zero-order chi connectivity index (χ0) is 11.8. The molecule has 0 saturated heterocycles. The molecule has 0 saturated carbocycles. The minimum Gasteiger partial charge on any atom is -0.237 e. The number of aryl methyl sites for hydroxylation is 1. The van der Waals surface area contributed by atoms with Crippen molar-refractivity contribution in [3.8, 4) is 6.07 Å². The number of fused-ring (bicyclic) bond motifs is 1. The number of nitriles is 1. The van der Waals surface area contributed by atoms with Gasteiger partial charge in [0.15, 0.2) is 5.65 Å². The maximum Gasteiger partial charge on any atom is 0.155 e. The average molecular weight is 214 g/mol. The molecule has 0 aliphatic rings. The molecule has 4 nitrogen and oxygen atoms in total. The molecule has 0 amide bonds. The van der Waals surface area contributed by atoms with Gasteiger partial charge in [-0.1, -0.05) is 6.92 Å². The lowest BCUT2D eigenvalue weighted by molar-refractivity contribution is 0.671. The Balaban J connectivity index is 2.56. The highest BCUT2D eigenvalue weighted by atomic mass is 15.2. The van der Waals surface area contributed by atoms with E-state index in [2.05, 4.69) is 23.1 Å². The molecule has 0 bridgehead atoms. The van der Waals surface area contributed by atoms with Crippen LogP contribution in [-0.2, 0) is 11.8 Å². The van der Waals surface area contributed by atoms with Crippen LogP contribution in [0.5, 0.6) is 0 Å². The molecule has 0 aliphatic carbocycles. The molecular formula is C12H14N4. The summed E-state index contributed by atoms with van der Waals surface area (Å²) < 4.78 is 1.74. The molecule has 0 unspecified atom stereocenters. The molecule has 0 aliphatic heterocycles. The van der Waals surface area contributed by atoms with Crippen LogP contribution in [0.25, 0.3) is 5.65 Å². The topological polar surface area (TPSA) is 54.0 Å². The van der Waals surface area contributed by atoms with E-state index in [0.717, 1.165) is 23.3 Å². The molecule has 82 valence electrons. The van der Waals surface area contributed by atoms with E-state index in [1.165, 1.54) is 0 Å². The molecule has 16 heavy (non-hydrogen) atoms. The highest BCUT2D eigenvalue weighted by Gasteiger charge is 2.20. The third-order valence-corrected chi connectivity index (χ3v) is 2.73. The molecule has 2 aromatic rings. The summed E-state index contributed by atoms with van der Waals surface area (Å²) in [5, 5.41) is 13.4. The van der Waals surface area contributed by atoms with Gasteiger partial charge in [-0.3, -0.25) is 0 Å². The highest BCUT2D eigenvalue weighted by molar-refractivity contribution is 5.41. The van der Waals surface area contributed by atoms with Crippen molar-refractivity contribution in [3.63, 3.8) is 0 Å². The number of aromatic nitrogens is 3. The van der Waals surface area contributed by atoms with Gasteiger partial charge < -0.3 is 0 Å². The zero-order valence-electron chi connectivity index (χ0n) is 9.73. The molecule has 0 spiro atoms. The van der Waals surface area contributed by atoms with Crippen LogP contribution in [0.3, 0.4) is 0 Å². The molecule has 0 radical (unpaired) electrons. The van der Waals surface area contributed by atoms with Crippen LogP contribution in [0.1, 0.15) is 32.0 Å². The first-order valence-corrected chi connectivity index (χ1v) is 5.33. The van der Waals surface area contributed by atoms with Gasteiger partial charge in [-0.05, 0) is 20.3 Å². The van der Waals surface area contributed by atoms with E-state index in [1.807, 2.05) is 26.1 Å². The van der Waals surface area contributed by atoms with Crippen molar-refractivity contribution in [1.29, 1.82) is 5.26 Å². The summed E-state index contributed by atoms with van der Waals surface area (Å²) in [5.41, 5.74) is 2.20. The van der Waals surface area contributed by atoms with E-state index in [1.54, 1.807) is 10.7 Å². The van der Waals surface area contributed by atoms with E-state index in [4.69, 9.17) is 5.26 Å². The van der Waals surface area contributed by atoms with Gasteiger partial charge in [0.2, 0.25) is 0 Å². The summed E-state index contributed by atoms with van der Waals surface area (Å²) >= 11 is 0. The predicted octanol–water partition coefficient (Wildman–Crippen LogP) is 2.09. The van der Waals surface area contributed by atoms with Crippen molar-refractivity contribution in [2.75, 3.05) is 0 Å². The van der Waals surface area contributed by atoms with Crippen molar-refractivity contribution in [2.45, 2.75) is 32.6 Å². The van der Waals surface area contributed by atoms with Crippen molar-refractivity contribution in [3.05, 3.63) is 29.7 Å². The van der Waals surface area contributed by atoms with Gasteiger partial charge in [-0.25, -0.2) is 9.50 Å². The third kappa shape index (κ3) is 1.65. The normalized spacial score (nSPS) is 11.6. The van der Waals surface area contributed by atoms with Gasteiger partial charge in [0.05, 0.1) is 17.2 Å². The van der Waals surface area contributed by atoms with E-state index in [0.29, 0.717) is 0 Å². The van der Waals surface area contributed by atoms with Gasteiger partial charge in [0, 0.05) is 24.0 Å². The lowest BCUT2D eigenvalue weighted by atomic mass is 9.89. The summed E-state index contributed by atoms with van der Waals surface area (Å²) in [6.45, 7) is 5.81. The Hall–Kier alpha value is -1.89. The second-order valence-electron chi connectivity index (χ2n) is 4.37. The molecule has 4 heteroatoms. The Morgan fingerprint density at radius 3 is 2.88 bits per heavy atom. The standard InChI is InChI=1S/C12H14N4/c1-4-10-5-11-14-6-9(7-16(11)15-10)12(2,3)8-13/h5-7H,4H2,1-3H3. The molecule has 0 atom stereocenters. The fraction of sp³-hybridized carbons (Fsp3) is 0.417. The number of hydrogen-bond donors (Lipinski definition) is 0. The van der Waals surface area contributed by atoms with Crippen LogP contribution >= 0.6 is 0 Å². The Morgan fingerprint density at radius 1 is 1.50 bits per heavy atom. The highest BCUT2D eigenvalue weighted by Crippen LogP contribution is 2.21. The van der Waals surface area contributed by atoms with Crippen molar-refractivity contribution in [1.82, 2.24) is 14.6 Å². The maximum atomic E-state index is 9.06. The first kappa shape index (κ1) is 10.6. The van der Waals surface area contributed by atoms with Crippen LogP contribution in [0.2, 0.25) is 0 Å². The number of hydrogen-bond acceptors (Lipinski definition) is 3. The van der Waals surface area contributed by atoms with Crippen LogP contribution in [0.15, 0.2) is 18.5 Å². The van der Waals surface area contributed by atoms with E-state index < -0.39 is 5.41 Å². The summed E-state index contributed by atoms with van der Waals surface area (Å²) in [7, 11) is 0. The molecule has 2 heterocycles. The lowest BCUT2D eigenvalue weighted by Crippen LogP contribution is -2.15. The van der Waals surface area contributed by atoms with E-state index in [9.17, 15) is 0 Å². The smallest absolute Gasteiger partial charge is 0.155 e. The fourth-order valence-corrected chi connectivity index (χ4v) is 1.49. The Labute approximate surface area is 94.5 Å². The average Bonchev–Trinajstić information content (AvgIpc) is 2.70. The monoisotopic (exact) mass is 214 g/mol. The molecule has 2 aromatic heterocycles. The molecule has 2 rings (SSSR count). The Bertz CT molecular complexity index is 560. The molecule has 0 N–H and O–H groups in total. The van der Waals surface area contributed by atoms with Crippen LogP contribution in [0, 0.1) is 11.3 Å². The van der Waals surface area contributed by atoms with Crippen LogP contribution in [-0.4, -0.2) is 14.6 Å². The van der Waals surface area contributed by atoms with Gasteiger partial charge >= 0.3 is 0 Å². The second kappa shape index (κ2) is 3.60. The summed E-state index contributed by atoms with van der Waals surface area (Å²) in [6, 6.07) is 4.22. The van der Waals surface area contributed by atoms with Crippen molar-refractivity contribution >= 4 is 5.65 Å². The quantitative estimate of drug-likeness (QED) is 0.769. The minimum absolute atomic E-state index is 0.528. The molecular weight excluding hydrogens is 200 g/mol. The first-order chi connectivity index (χ1) is 7.56. The lowest BCUT2D eigenvalue weighted by Gasteiger charge is -2.14.